The van der Waals surface area contributed by atoms with Gasteiger partial charge in [-0.3, -0.25) is 4.79 Å². The number of hydrogen-bond donors (Lipinski definition) is 0. The molecule has 118 valence electrons. The van der Waals surface area contributed by atoms with E-state index in [0.717, 1.165) is 13.0 Å². The highest BCUT2D eigenvalue weighted by molar-refractivity contribution is 5.92. The first-order valence-electron chi connectivity index (χ1n) is 7.73. The first kappa shape index (κ1) is 15.2. The molecule has 3 rings (SSSR count). The fraction of sp³-hybridized carbons (Fsp3) is 0.500. The second-order valence-electron chi connectivity index (χ2n) is 6.85. The monoisotopic (exact) mass is 303 g/mol. The number of rotatable bonds is 3. The van der Waals surface area contributed by atoms with Crippen LogP contribution in [0.25, 0.3) is 6.08 Å². The maximum absolute atomic E-state index is 13.1. The second kappa shape index (κ2) is 5.51. The zero-order chi connectivity index (χ0) is 15.9. The van der Waals surface area contributed by atoms with Gasteiger partial charge in [-0.25, -0.2) is 4.39 Å². The standard InChI is InChI=1S/C18H22FNO2/c1-18(2)16(14-9-10-22-17(14)18)20(3)15(21)8-7-12-5-4-6-13(19)11-12/h4-8,11,14,16-17H,9-10H2,1-3H3. The number of carbonyl (C=O) groups excluding carboxylic acids is 1. The normalized spacial score (nSPS) is 29.2. The lowest BCUT2D eigenvalue weighted by molar-refractivity contribution is -0.163. The number of ether oxygens (including phenoxy) is 1. The van der Waals surface area contributed by atoms with E-state index in [2.05, 4.69) is 13.8 Å². The Morgan fingerprint density at radius 2 is 2.23 bits per heavy atom. The SMILES string of the molecule is CN(C(=O)C=Cc1cccc(F)c1)C1C2CCOC2C1(C)C. The van der Waals surface area contributed by atoms with E-state index in [1.54, 1.807) is 18.2 Å². The van der Waals surface area contributed by atoms with Crippen LogP contribution in [0.5, 0.6) is 0 Å². The lowest BCUT2D eigenvalue weighted by Gasteiger charge is -2.57. The third kappa shape index (κ3) is 2.45. The number of benzene rings is 1. The number of hydrogen-bond acceptors (Lipinski definition) is 2. The fourth-order valence-corrected chi connectivity index (χ4v) is 4.12. The van der Waals surface area contributed by atoms with Crippen molar-refractivity contribution >= 4 is 12.0 Å². The lowest BCUT2D eigenvalue weighted by atomic mass is 9.57. The average molecular weight is 303 g/mol. The zero-order valence-corrected chi connectivity index (χ0v) is 13.3. The highest BCUT2D eigenvalue weighted by Gasteiger charge is 2.61. The topological polar surface area (TPSA) is 29.5 Å². The average Bonchev–Trinajstić information content (AvgIpc) is 2.91. The van der Waals surface area contributed by atoms with Gasteiger partial charge in [-0.15, -0.1) is 0 Å². The molecule has 0 N–H and O–H groups in total. The second-order valence-corrected chi connectivity index (χ2v) is 6.85. The largest absolute Gasteiger partial charge is 0.377 e. The Balaban J connectivity index is 1.70. The minimum Gasteiger partial charge on any atom is -0.377 e. The van der Waals surface area contributed by atoms with E-state index in [9.17, 15) is 9.18 Å². The molecule has 1 aromatic carbocycles. The molecule has 1 aromatic rings. The predicted molar refractivity (Wildman–Crippen MR) is 83.6 cm³/mol. The summed E-state index contributed by atoms with van der Waals surface area (Å²) in [6.45, 7) is 5.10. The van der Waals surface area contributed by atoms with Crippen LogP contribution in [0.15, 0.2) is 30.3 Å². The molecule has 0 radical (unpaired) electrons. The lowest BCUT2D eigenvalue weighted by Crippen LogP contribution is -2.66. The molecule has 1 heterocycles. The van der Waals surface area contributed by atoms with Gasteiger partial charge in [0.25, 0.3) is 0 Å². The third-order valence-electron chi connectivity index (χ3n) is 5.07. The summed E-state index contributed by atoms with van der Waals surface area (Å²) in [5.74, 6) is 0.0910. The molecule has 0 bridgehead atoms. The van der Waals surface area contributed by atoms with Crippen molar-refractivity contribution < 1.29 is 13.9 Å². The molecule has 22 heavy (non-hydrogen) atoms. The summed E-state index contributed by atoms with van der Waals surface area (Å²) < 4.78 is 18.9. The Hall–Kier alpha value is -1.68. The van der Waals surface area contributed by atoms with Gasteiger partial charge in [0, 0.05) is 37.1 Å². The summed E-state index contributed by atoms with van der Waals surface area (Å²) in [5.41, 5.74) is 0.676. The van der Waals surface area contributed by atoms with Crippen molar-refractivity contribution in [1.82, 2.24) is 4.90 Å². The Morgan fingerprint density at radius 3 is 2.95 bits per heavy atom. The van der Waals surface area contributed by atoms with Gasteiger partial charge < -0.3 is 9.64 Å². The van der Waals surface area contributed by atoms with Crippen molar-refractivity contribution in [2.24, 2.45) is 11.3 Å². The van der Waals surface area contributed by atoms with E-state index < -0.39 is 0 Å². The van der Waals surface area contributed by atoms with Crippen LogP contribution in [0.4, 0.5) is 4.39 Å². The molecule has 3 nitrogen and oxygen atoms in total. The van der Waals surface area contributed by atoms with E-state index in [1.165, 1.54) is 18.2 Å². The van der Waals surface area contributed by atoms with E-state index in [4.69, 9.17) is 4.74 Å². The van der Waals surface area contributed by atoms with Crippen LogP contribution in [0, 0.1) is 17.2 Å². The maximum atomic E-state index is 13.1. The first-order valence-corrected chi connectivity index (χ1v) is 7.73. The summed E-state index contributed by atoms with van der Waals surface area (Å²) in [6.07, 6.45) is 4.47. The van der Waals surface area contributed by atoms with E-state index >= 15 is 0 Å². The fourth-order valence-electron chi connectivity index (χ4n) is 4.12. The van der Waals surface area contributed by atoms with Crippen LogP contribution in [0.2, 0.25) is 0 Å². The van der Waals surface area contributed by atoms with Crippen molar-refractivity contribution in [3.05, 3.63) is 41.7 Å². The van der Waals surface area contributed by atoms with Gasteiger partial charge in [-0.2, -0.15) is 0 Å². The van der Waals surface area contributed by atoms with Crippen molar-refractivity contribution in [3.8, 4) is 0 Å². The van der Waals surface area contributed by atoms with Crippen molar-refractivity contribution in [2.75, 3.05) is 13.7 Å². The molecule has 3 unspecified atom stereocenters. The number of fused-ring (bicyclic) bond motifs is 1. The van der Waals surface area contributed by atoms with Crippen LogP contribution < -0.4 is 0 Å². The molecule has 4 heteroatoms. The first-order chi connectivity index (χ1) is 10.4. The zero-order valence-electron chi connectivity index (χ0n) is 13.3. The van der Waals surface area contributed by atoms with Gasteiger partial charge in [-0.1, -0.05) is 26.0 Å². The van der Waals surface area contributed by atoms with Crippen molar-refractivity contribution in [3.63, 3.8) is 0 Å². The van der Waals surface area contributed by atoms with Gasteiger partial charge >= 0.3 is 0 Å². The minimum atomic E-state index is -0.297. The highest BCUT2D eigenvalue weighted by atomic mass is 19.1. The highest BCUT2D eigenvalue weighted by Crippen LogP contribution is 2.54. The molecular weight excluding hydrogens is 281 g/mol. The Bertz CT molecular complexity index is 611. The van der Waals surface area contributed by atoms with Crippen LogP contribution >= 0.6 is 0 Å². The molecule has 1 amide bonds. The molecule has 2 aliphatic rings. The van der Waals surface area contributed by atoms with E-state index in [0.29, 0.717) is 11.5 Å². The molecular formula is C18H22FNO2. The number of halogens is 1. The number of amides is 1. The predicted octanol–water partition coefficient (Wildman–Crippen LogP) is 3.11. The number of nitrogens with zero attached hydrogens (tertiary/aromatic N) is 1. The van der Waals surface area contributed by atoms with Crippen molar-refractivity contribution in [2.45, 2.75) is 32.4 Å². The smallest absolute Gasteiger partial charge is 0.246 e. The third-order valence-corrected chi connectivity index (χ3v) is 5.07. The molecule has 3 atom stereocenters. The van der Waals surface area contributed by atoms with Crippen LogP contribution in [-0.2, 0) is 9.53 Å². The minimum absolute atomic E-state index is 0.0156. The summed E-state index contributed by atoms with van der Waals surface area (Å²) in [6, 6.07) is 6.42. The molecule has 1 aliphatic carbocycles. The van der Waals surface area contributed by atoms with Gasteiger partial charge in [0.15, 0.2) is 0 Å². The maximum Gasteiger partial charge on any atom is 0.246 e. The van der Waals surface area contributed by atoms with Crippen molar-refractivity contribution in [1.29, 1.82) is 0 Å². The van der Waals surface area contributed by atoms with Crippen LogP contribution in [0.1, 0.15) is 25.8 Å². The summed E-state index contributed by atoms with van der Waals surface area (Å²) >= 11 is 0. The van der Waals surface area contributed by atoms with Gasteiger partial charge in [0.2, 0.25) is 5.91 Å². The Labute approximate surface area is 130 Å². The molecule has 0 spiro atoms. The number of carbonyl (C=O) groups is 1. The van der Waals surface area contributed by atoms with Crippen LogP contribution in [0.3, 0.4) is 0 Å². The van der Waals surface area contributed by atoms with Crippen LogP contribution in [-0.4, -0.2) is 36.6 Å². The van der Waals surface area contributed by atoms with E-state index in [1.807, 2.05) is 11.9 Å². The summed E-state index contributed by atoms with van der Waals surface area (Å²) in [7, 11) is 1.85. The quantitative estimate of drug-likeness (QED) is 0.803. The molecule has 1 saturated carbocycles. The van der Waals surface area contributed by atoms with Gasteiger partial charge in [0.1, 0.15) is 5.82 Å². The molecule has 1 aliphatic heterocycles. The molecule has 1 saturated heterocycles. The summed E-state index contributed by atoms with van der Waals surface area (Å²) in [5, 5.41) is 0. The summed E-state index contributed by atoms with van der Waals surface area (Å²) in [4.78, 5) is 14.2. The molecule has 0 aromatic heterocycles. The van der Waals surface area contributed by atoms with E-state index in [-0.39, 0.29) is 29.3 Å². The molecule has 2 fully saturated rings. The number of likely N-dealkylation sites (N-methyl/N-ethyl adjacent to an activating group) is 1. The van der Waals surface area contributed by atoms with Gasteiger partial charge in [-0.05, 0) is 30.2 Å². The van der Waals surface area contributed by atoms with Gasteiger partial charge in [0.05, 0.1) is 6.10 Å². The Kier molecular flexibility index (Phi) is 3.81. The Morgan fingerprint density at radius 1 is 1.45 bits per heavy atom.